The van der Waals surface area contributed by atoms with Gasteiger partial charge in [0.15, 0.2) is 0 Å². The Kier molecular flexibility index (Phi) is 3.49. The molecule has 0 fully saturated rings. The average Bonchev–Trinajstić information content (AvgIpc) is 3.05. The number of fused-ring (bicyclic) bond motifs is 2. The largest absolute Gasteiger partial charge is 0.327 e. The number of rotatable bonds is 2. The van der Waals surface area contributed by atoms with Gasteiger partial charge in [-0.15, -0.1) is 0 Å². The molecule has 2 heteroatoms. The van der Waals surface area contributed by atoms with Crippen LogP contribution in [0.15, 0.2) is 72.8 Å². The van der Waals surface area contributed by atoms with Crippen molar-refractivity contribution < 1.29 is 0 Å². The molecule has 0 atom stereocenters. The highest BCUT2D eigenvalue weighted by atomic mass is 15.1. The summed E-state index contributed by atoms with van der Waals surface area (Å²) >= 11 is 0. The van der Waals surface area contributed by atoms with Crippen molar-refractivity contribution in [1.82, 2.24) is 9.55 Å². The summed E-state index contributed by atoms with van der Waals surface area (Å²) in [6, 6.07) is 25.8. The van der Waals surface area contributed by atoms with Crippen LogP contribution >= 0.6 is 0 Å². The lowest BCUT2D eigenvalue weighted by atomic mass is 9.92. The van der Waals surface area contributed by atoms with Crippen LogP contribution in [0.1, 0.15) is 18.4 Å². The second-order valence-corrected chi connectivity index (χ2v) is 6.87. The van der Waals surface area contributed by atoms with Crippen molar-refractivity contribution in [2.75, 3.05) is 0 Å². The lowest BCUT2D eigenvalue weighted by molar-refractivity contribution is 0.959. The highest BCUT2D eigenvalue weighted by molar-refractivity contribution is 5.81. The molecule has 1 aliphatic carbocycles. The molecule has 0 bridgehead atoms. The van der Waals surface area contributed by atoms with E-state index in [-0.39, 0.29) is 0 Å². The predicted octanol–water partition coefficient (Wildman–Crippen LogP) is 4.01. The molecule has 0 radical (unpaired) electrons. The number of hydrogen-bond acceptors (Lipinski definition) is 1. The molecule has 0 spiro atoms. The van der Waals surface area contributed by atoms with Gasteiger partial charge in [-0.1, -0.05) is 60.7 Å². The zero-order valence-electron chi connectivity index (χ0n) is 14.8. The van der Waals surface area contributed by atoms with Crippen LogP contribution in [-0.2, 0) is 7.05 Å². The van der Waals surface area contributed by atoms with Gasteiger partial charge in [0.1, 0.15) is 5.82 Å². The maximum atomic E-state index is 4.86. The van der Waals surface area contributed by atoms with Gasteiger partial charge in [-0.2, -0.15) is 0 Å². The fourth-order valence-electron chi connectivity index (χ4n) is 4.01. The Labute approximate surface area is 152 Å². The van der Waals surface area contributed by atoms with Gasteiger partial charge in [0.05, 0.1) is 11.0 Å². The van der Waals surface area contributed by atoms with Crippen molar-refractivity contribution >= 4 is 22.7 Å². The summed E-state index contributed by atoms with van der Waals surface area (Å²) in [6.07, 6.45) is 4.53. The van der Waals surface area contributed by atoms with Gasteiger partial charge >= 0.3 is 0 Å². The lowest BCUT2D eigenvalue weighted by Gasteiger charge is -2.13. The Bertz CT molecular complexity index is 1240. The normalized spacial score (nSPS) is 13.5. The number of imidazole rings is 1. The number of nitrogens with zero attached hydrogens (tertiary/aromatic N) is 2. The summed E-state index contributed by atoms with van der Waals surface area (Å²) in [6.45, 7) is 0. The minimum absolute atomic E-state index is 1.02. The summed E-state index contributed by atoms with van der Waals surface area (Å²) < 4.78 is 2.18. The van der Waals surface area contributed by atoms with E-state index in [2.05, 4.69) is 84.4 Å². The van der Waals surface area contributed by atoms with E-state index in [1.165, 1.54) is 27.1 Å². The summed E-state index contributed by atoms with van der Waals surface area (Å²) in [5, 5.41) is 2.71. The van der Waals surface area contributed by atoms with Crippen LogP contribution in [0.5, 0.6) is 0 Å². The van der Waals surface area contributed by atoms with Gasteiger partial charge in [-0.25, -0.2) is 4.98 Å². The van der Waals surface area contributed by atoms with Gasteiger partial charge in [-0.05, 0) is 52.6 Å². The second kappa shape index (κ2) is 5.99. The molecule has 0 aliphatic heterocycles. The third-order valence-electron chi connectivity index (χ3n) is 5.30. The van der Waals surface area contributed by atoms with E-state index >= 15 is 0 Å². The van der Waals surface area contributed by atoms with Gasteiger partial charge in [0.2, 0.25) is 0 Å². The van der Waals surface area contributed by atoms with Crippen molar-refractivity contribution in [1.29, 1.82) is 0 Å². The van der Waals surface area contributed by atoms with Gasteiger partial charge in [0, 0.05) is 12.6 Å². The molecule has 5 rings (SSSR count). The van der Waals surface area contributed by atoms with Gasteiger partial charge in [-0.3, -0.25) is 0 Å². The van der Waals surface area contributed by atoms with E-state index in [4.69, 9.17) is 4.98 Å². The van der Waals surface area contributed by atoms with Crippen LogP contribution in [0.2, 0.25) is 0 Å². The SMILES string of the molecule is Cn1c(-c2cccc(C3=c4ccccc4=CCC3)c2)nc2ccccc21. The van der Waals surface area contributed by atoms with Crippen LogP contribution in [0.3, 0.4) is 0 Å². The molecule has 0 unspecified atom stereocenters. The third-order valence-corrected chi connectivity index (χ3v) is 5.30. The zero-order chi connectivity index (χ0) is 17.5. The molecule has 3 aromatic carbocycles. The van der Waals surface area contributed by atoms with Gasteiger partial charge in [0.25, 0.3) is 0 Å². The van der Waals surface area contributed by atoms with E-state index < -0.39 is 0 Å². The van der Waals surface area contributed by atoms with Crippen molar-refractivity contribution in [3.05, 3.63) is 88.8 Å². The Balaban J connectivity index is 1.71. The molecule has 26 heavy (non-hydrogen) atoms. The Morgan fingerprint density at radius 1 is 0.846 bits per heavy atom. The van der Waals surface area contributed by atoms with E-state index in [0.717, 1.165) is 29.7 Å². The first kappa shape index (κ1) is 15.2. The van der Waals surface area contributed by atoms with Crippen LogP contribution in [0.4, 0.5) is 0 Å². The third kappa shape index (κ3) is 2.38. The Morgan fingerprint density at radius 2 is 1.65 bits per heavy atom. The molecule has 1 heterocycles. The van der Waals surface area contributed by atoms with Gasteiger partial charge < -0.3 is 4.57 Å². The first-order valence-corrected chi connectivity index (χ1v) is 9.12. The molecule has 1 aliphatic rings. The van der Waals surface area contributed by atoms with Crippen molar-refractivity contribution in [2.45, 2.75) is 12.8 Å². The molecule has 0 N–H and O–H groups in total. The summed E-state index contributed by atoms with van der Waals surface area (Å²) in [5.41, 5.74) is 6.11. The smallest absolute Gasteiger partial charge is 0.140 e. The highest BCUT2D eigenvalue weighted by Crippen LogP contribution is 2.27. The first-order chi connectivity index (χ1) is 12.8. The van der Waals surface area contributed by atoms with E-state index in [1.54, 1.807) is 0 Å². The van der Waals surface area contributed by atoms with Crippen molar-refractivity contribution in [3.63, 3.8) is 0 Å². The highest BCUT2D eigenvalue weighted by Gasteiger charge is 2.12. The maximum Gasteiger partial charge on any atom is 0.140 e. The first-order valence-electron chi connectivity index (χ1n) is 9.12. The standard InChI is InChI=1S/C24H20N2/c1-26-23-15-5-4-14-22(23)25-24(26)19-11-6-10-18(16-19)21-13-7-9-17-8-2-3-12-20(17)21/h2-6,8-12,14-16H,7,13H2,1H3. The van der Waals surface area contributed by atoms with Crippen LogP contribution in [-0.4, -0.2) is 9.55 Å². The number of para-hydroxylation sites is 2. The summed E-state index contributed by atoms with van der Waals surface area (Å²) in [4.78, 5) is 4.86. The number of benzene rings is 3. The Morgan fingerprint density at radius 3 is 2.58 bits per heavy atom. The van der Waals surface area contributed by atoms with Crippen LogP contribution < -0.4 is 10.4 Å². The number of aromatic nitrogens is 2. The van der Waals surface area contributed by atoms with Crippen molar-refractivity contribution in [2.24, 2.45) is 7.05 Å². The molecule has 126 valence electrons. The molecule has 2 nitrogen and oxygen atoms in total. The zero-order valence-corrected chi connectivity index (χ0v) is 14.8. The number of aryl methyl sites for hydroxylation is 1. The molecular formula is C24H20N2. The monoisotopic (exact) mass is 336 g/mol. The summed E-state index contributed by atoms with van der Waals surface area (Å²) in [7, 11) is 2.09. The molecule has 1 aromatic heterocycles. The van der Waals surface area contributed by atoms with E-state index in [9.17, 15) is 0 Å². The number of hydrogen-bond donors (Lipinski definition) is 0. The van der Waals surface area contributed by atoms with E-state index in [1.807, 2.05) is 6.07 Å². The topological polar surface area (TPSA) is 17.8 Å². The molecule has 0 saturated carbocycles. The molecule has 0 amide bonds. The predicted molar refractivity (Wildman–Crippen MR) is 108 cm³/mol. The minimum Gasteiger partial charge on any atom is -0.327 e. The fraction of sp³-hybridized carbons (Fsp3) is 0.125. The summed E-state index contributed by atoms with van der Waals surface area (Å²) in [5.74, 6) is 1.02. The van der Waals surface area contributed by atoms with Crippen molar-refractivity contribution in [3.8, 4) is 11.4 Å². The van der Waals surface area contributed by atoms with Crippen LogP contribution in [0.25, 0.3) is 34.1 Å². The average molecular weight is 336 g/mol. The molecule has 4 aromatic rings. The molecular weight excluding hydrogens is 316 g/mol. The maximum absolute atomic E-state index is 4.86. The minimum atomic E-state index is 1.02. The lowest BCUT2D eigenvalue weighted by Crippen LogP contribution is -2.29. The Hall–Kier alpha value is -3.13. The second-order valence-electron chi connectivity index (χ2n) is 6.87. The quantitative estimate of drug-likeness (QED) is 0.541. The fourth-order valence-corrected chi connectivity index (χ4v) is 4.01. The van der Waals surface area contributed by atoms with Crippen LogP contribution in [0, 0.1) is 0 Å². The van der Waals surface area contributed by atoms with E-state index in [0.29, 0.717) is 0 Å². The molecule has 0 saturated heterocycles.